The van der Waals surface area contributed by atoms with Gasteiger partial charge in [-0.2, -0.15) is 0 Å². The highest BCUT2D eigenvalue weighted by molar-refractivity contribution is 5.33. The second-order valence-corrected chi connectivity index (χ2v) is 4.82. The summed E-state index contributed by atoms with van der Waals surface area (Å²) < 4.78 is 0. The molecule has 1 N–H and O–H groups in total. The van der Waals surface area contributed by atoms with E-state index in [1.807, 2.05) is 0 Å². The lowest BCUT2D eigenvalue weighted by molar-refractivity contribution is 0.153. The van der Waals surface area contributed by atoms with E-state index >= 15 is 0 Å². The van der Waals surface area contributed by atoms with Crippen LogP contribution in [-0.2, 0) is 6.54 Å². The fraction of sp³-hybridized carbons (Fsp3) is 0.571. The smallest absolute Gasteiger partial charge is 0.0587 e. The summed E-state index contributed by atoms with van der Waals surface area (Å²) in [7, 11) is 0. The third kappa shape index (κ3) is 2.28. The zero-order valence-corrected chi connectivity index (χ0v) is 10.2. The number of benzene rings is 1. The van der Waals surface area contributed by atoms with E-state index < -0.39 is 0 Å². The SMILES string of the molecule is Cc1cccc(C)c1CN1CCCC1CO. The predicted octanol–water partition coefficient (Wildman–Crippen LogP) is 2.26. The van der Waals surface area contributed by atoms with Crippen LogP contribution in [-0.4, -0.2) is 29.2 Å². The van der Waals surface area contributed by atoms with Crippen molar-refractivity contribution in [2.45, 2.75) is 39.3 Å². The van der Waals surface area contributed by atoms with Crippen LogP contribution in [0.1, 0.15) is 29.5 Å². The van der Waals surface area contributed by atoms with Gasteiger partial charge >= 0.3 is 0 Å². The Morgan fingerprint density at radius 3 is 2.62 bits per heavy atom. The Morgan fingerprint density at radius 1 is 1.31 bits per heavy atom. The molecule has 1 unspecified atom stereocenters. The second kappa shape index (κ2) is 4.98. The van der Waals surface area contributed by atoms with Gasteiger partial charge in [-0.05, 0) is 49.9 Å². The number of aliphatic hydroxyl groups excluding tert-OH is 1. The van der Waals surface area contributed by atoms with Crippen molar-refractivity contribution in [1.29, 1.82) is 0 Å². The molecule has 0 aliphatic carbocycles. The van der Waals surface area contributed by atoms with Gasteiger partial charge in [-0.15, -0.1) is 0 Å². The quantitative estimate of drug-likeness (QED) is 0.843. The molecule has 2 rings (SSSR count). The minimum Gasteiger partial charge on any atom is -0.395 e. The summed E-state index contributed by atoms with van der Waals surface area (Å²) in [5, 5.41) is 9.31. The van der Waals surface area contributed by atoms with Crippen molar-refractivity contribution in [2.24, 2.45) is 0 Å². The normalized spacial score (nSPS) is 21.6. The fourth-order valence-corrected chi connectivity index (χ4v) is 2.61. The van der Waals surface area contributed by atoms with Crippen LogP contribution in [0.5, 0.6) is 0 Å². The van der Waals surface area contributed by atoms with E-state index in [9.17, 15) is 5.11 Å². The maximum atomic E-state index is 9.31. The molecule has 1 saturated heterocycles. The maximum Gasteiger partial charge on any atom is 0.0587 e. The Balaban J connectivity index is 2.14. The number of likely N-dealkylation sites (tertiary alicyclic amines) is 1. The number of hydrogen-bond donors (Lipinski definition) is 1. The van der Waals surface area contributed by atoms with Gasteiger partial charge in [0.2, 0.25) is 0 Å². The molecular weight excluding hydrogens is 198 g/mol. The van der Waals surface area contributed by atoms with Crippen molar-refractivity contribution < 1.29 is 5.11 Å². The number of nitrogens with zero attached hydrogens (tertiary/aromatic N) is 1. The largest absolute Gasteiger partial charge is 0.395 e. The molecular formula is C14H21NO. The van der Waals surface area contributed by atoms with E-state index in [-0.39, 0.29) is 0 Å². The van der Waals surface area contributed by atoms with Crippen LogP contribution in [0, 0.1) is 13.8 Å². The minimum absolute atomic E-state index is 0.297. The Morgan fingerprint density at radius 2 is 2.00 bits per heavy atom. The second-order valence-electron chi connectivity index (χ2n) is 4.82. The van der Waals surface area contributed by atoms with Crippen LogP contribution >= 0.6 is 0 Å². The lowest BCUT2D eigenvalue weighted by atomic mass is 10.0. The molecule has 1 fully saturated rings. The number of rotatable bonds is 3. The first-order chi connectivity index (χ1) is 7.72. The lowest BCUT2D eigenvalue weighted by Crippen LogP contribution is -2.32. The molecule has 0 amide bonds. The van der Waals surface area contributed by atoms with Gasteiger partial charge < -0.3 is 5.11 Å². The first-order valence-corrected chi connectivity index (χ1v) is 6.12. The zero-order chi connectivity index (χ0) is 11.5. The third-order valence-corrected chi connectivity index (χ3v) is 3.72. The maximum absolute atomic E-state index is 9.31. The van der Waals surface area contributed by atoms with E-state index in [1.165, 1.54) is 23.1 Å². The van der Waals surface area contributed by atoms with E-state index in [1.54, 1.807) is 0 Å². The van der Waals surface area contributed by atoms with Crippen LogP contribution in [0.4, 0.5) is 0 Å². The van der Waals surface area contributed by atoms with Gasteiger partial charge in [-0.3, -0.25) is 4.90 Å². The van der Waals surface area contributed by atoms with Gasteiger partial charge in [-0.25, -0.2) is 0 Å². The Bertz CT molecular complexity index is 342. The summed E-state index contributed by atoms with van der Waals surface area (Å²) in [6.45, 7) is 6.76. The highest BCUT2D eigenvalue weighted by atomic mass is 16.3. The van der Waals surface area contributed by atoms with Gasteiger partial charge in [0.15, 0.2) is 0 Å². The summed E-state index contributed by atoms with van der Waals surface area (Å²) in [5.41, 5.74) is 4.16. The van der Waals surface area contributed by atoms with E-state index in [2.05, 4.69) is 36.9 Å². The molecule has 1 aromatic rings. The van der Waals surface area contributed by atoms with Gasteiger partial charge in [0.05, 0.1) is 6.61 Å². The molecule has 0 radical (unpaired) electrons. The Hall–Kier alpha value is -0.860. The number of aryl methyl sites for hydroxylation is 2. The summed E-state index contributed by atoms with van der Waals surface area (Å²) in [6, 6.07) is 6.83. The van der Waals surface area contributed by atoms with Crippen molar-refractivity contribution in [3.05, 3.63) is 34.9 Å². The minimum atomic E-state index is 0.297. The standard InChI is InChI=1S/C14H21NO/c1-11-5-3-6-12(2)14(11)9-15-8-4-7-13(15)10-16/h3,5-6,13,16H,4,7-10H2,1-2H3. The molecule has 0 bridgehead atoms. The molecule has 1 aliphatic heterocycles. The lowest BCUT2D eigenvalue weighted by Gasteiger charge is -2.24. The highest BCUT2D eigenvalue weighted by Crippen LogP contribution is 2.22. The van der Waals surface area contributed by atoms with Gasteiger partial charge in [0, 0.05) is 12.6 Å². The summed E-state index contributed by atoms with van der Waals surface area (Å²) in [4.78, 5) is 2.41. The average Bonchev–Trinajstić information content (AvgIpc) is 2.71. The highest BCUT2D eigenvalue weighted by Gasteiger charge is 2.24. The molecule has 1 aromatic carbocycles. The topological polar surface area (TPSA) is 23.5 Å². The molecule has 1 aliphatic rings. The zero-order valence-electron chi connectivity index (χ0n) is 10.2. The summed E-state index contributed by atoms with van der Waals surface area (Å²) in [6.07, 6.45) is 2.36. The number of hydrogen-bond acceptors (Lipinski definition) is 2. The number of aliphatic hydroxyl groups is 1. The van der Waals surface area contributed by atoms with Crippen LogP contribution in [0.15, 0.2) is 18.2 Å². The van der Waals surface area contributed by atoms with Crippen molar-refractivity contribution >= 4 is 0 Å². The molecule has 0 saturated carbocycles. The Kier molecular flexibility index (Phi) is 3.62. The molecule has 0 aromatic heterocycles. The van der Waals surface area contributed by atoms with E-state index in [4.69, 9.17) is 0 Å². The van der Waals surface area contributed by atoms with Gasteiger partial charge in [-0.1, -0.05) is 18.2 Å². The summed E-state index contributed by atoms with van der Waals surface area (Å²) >= 11 is 0. The van der Waals surface area contributed by atoms with Crippen LogP contribution in [0.25, 0.3) is 0 Å². The molecule has 16 heavy (non-hydrogen) atoms. The van der Waals surface area contributed by atoms with Gasteiger partial charge in [0.1, 0.15) is 0 Å². The fourth-order valence-electron chi connectivity index (χ4n) is 2.61. The molecule has 1 atom stereocenters. The molecule has 1 heterocycles. The van der Waals surface area contributed by atoms with E-state index in [0.717, 1.165) is 19.5 Å². The Labute approximate surface area is 97.9 Å². The van der Waals surface area contributed by atoms with Crippen molar-refractivity contribution in [1.82, 2.24) is 4.90 Å². The predicted molar refractivity (Wildman–Crippen MR) is 66.4 cm³/mol. The first kappa shape index (κ1) is 11.6. The average molecular weight is 219 g/mol. The van der Waals surface area contributed by atoms with Crippen molar-refractivity contribution in [3.8, 4) is 0 Å². The summed E-state index contributed by atoms with van der Waals surface area (Å²) in [5.74, 6) is 0. The van der Waals surface area contributed by atoms with Crippen molar-refractivity contribution in [3.63, 3.8) is 0 Å². The monoisotopic (exact) mass is 219 g/mol. The molecule has 0 spiro atoms. The van der Waals surface area contributed by atoms with Crippen LogP contribution in [0.3, 0.4) is 0 Å². The molecule has 2 nitrogen and oxygen atoms in total. The van der Waals surface area contributed by atoms with Crippen molar-refractivity contribution in [2.75, 3.05) is 13.2 Å². The third-order valence-electron chi connectivity index (χ3n) is 3.72. The molecule has 2 heteroatoms. The van der Waals surface area contributed by atoms with Gasteiger partial charge in [0.25, 0.3) is 0 Å². The first-order valence-electron chi connectivity index (χ1n) is 6.12. The molecule has 88 valence electrons. The van der Waals surface area contributed by atoms with Crippen LogP contribution in [0.2, 0.25) is 0 Å². The van der Waals surface area contributed by atoms with E-state index in [0.29, 0.717) is 12.6 Å². The van der Waals surface area contributed by atoms with Crippen LogP contribution < -0.4 is 0 Å².